The minimum absolute atomic E-state index is 0.0199. The molecule has 0 fully saturated rings. The molecule has 0 saturated heterocycles. The molecule has 10 nitrogen and oxygen atoms in total. The second kappa shape index (κ2) is 12.7. The SMILES string of the molecule is CC(C)OCCCNc1c(N[C@@H](Cc2ccc(NC(=O)c3c(Cl)cncc3Cl)cc2)C(=O)O)c(=O)c1=O. The summed E-state index contributed by atoms with van der Waals surface area (Å²) in [6.07, 6.45) is 3.33. The number of nitrogens with one attached hydrogen (secondary N) is 3. The Bertz CT molecular complexity index is 1320. The van der Waals surface area contributed by atoms with Crippen molar-refractivity contribution in [2.24, 2.45) is 0 Å². The summed E-state index contributed by atoms with van der Waals surface area (Å²) < 4.78 is 5.44. The molecule has 0 saturated carbocycles. The van der Waals surface area contributed by atoms with Gasteiger partial charge in [0.05, 0.1) is 21.7 Å². The second-order valence-corrected chi connectivity index (χ2v) is 9.29. The van der Waals surface area contributed by atoms with Crippen LogP contribution in [0.5, 0.6) is 0 Å². The highest BCUT2D eigenvalue weighted by molar-refractivity contribution is 6.40. The summed E-state index contributed by atoms with van der Waals surface area (Å²) in [7, 11) is 0. The van der Waals surface area contributed by atoms with Crippen molar-refractivity contribution >= 4 is 52.1 Å². The van der Waals surface area contributed by atoms with Crippen LogP contribution in [0.3, 0.4) is 0 Å². The van der Waals surface area contributed by atoms with E-state index in [2.05, 4.69) is 20.9 Å². The molecule has 3 aromatic rings. The third kappa shape index (κ3) is 7.28. The fourth-order valence-corrected chi connectivity index (χ4v) is 3.99. The number of carbonyl (C=O) groups is 2. The molecule has 0 radical (unpaired) electrons. The molecule has 37 heavy (non-hydrogen) atoms. The van der Waals surface area contributed by atoms with Crippen LogP contribution in [0.15, 0.2) is 46.2 Å². The molecule has 196 valence electrons. The molecule has 1 atom stereocenters. The first-order valence-corrected chi connectivity index (χ1v) is 12.2. The lowest BCUT2D eigenvalue weighted by atomic mass is 10.0. The number of nitrogens with zero attached hydrogens (tertiary/aromatic N) is 1. The van der Waals surface area contributed by atoms with Gasteiger partial charge in [-0.3, -0.25) is 19.4 Å². The number of carboxylic acids is 1. The number of carboxylic acid groups (broad SMARTS) is 1. The number of pyridine rings is 1. The minimum Gasteiger partial charge on any atom is -0.480 e. The largest absolute Gasteiger partial charge is 0.480 e. The van der Waals surface area contributed by atoms with E-state index in [0.717, 1.165) is 0 Å². The molecule has 1 heterocycles. The molecule has 12 heteroatoms. The Balaban J connectivity index is 1.62. The Morgan fingerprint density at radius 3 is 2.24 bits per heavy atom. The Hall–Kier alpha value is -3.47. The fourth-order valence-electron chi connectivity index (χ4n) is 3.46. The van der Waals surface area contributed by atoms with Gasteiger partial charge in [-0.05, 0) is 38.0 Å². The van der Waals surface area contributed by atoms with E-state index in [0.29, 0.717) is 30.8 Å². The Kier molecular flexibility index (Phi) is 9.62. The lowest BCUT2D eigenvalue weighted by Gasteiger charge is -2.20. The highest BCUT2D eigenvalue weighted by Gasteiger charge is 2.26. The third-order valence-corrected chi connectivity index (χ3v) is 5.91. The maximum Gasteiger partial charge on any atom is 0.326 e. The molecule has 2 aromatic carbocycles. The third-order valence-electron chi connectivity index (χ3n) is 5.33. The number of carbonyl (C=O) groups excluding carboxylic acids is 1. The zero-order valence-corrected chi connectivity index (χ0v) is 21.7. The summed E-state index contributed by atoms with van der Waals surface area (Å²) in [5.74, 6) is -1.71. The predicted molar refractivity (Wildman–Crippen MR) is 143 cm³/mol. The summed E-state index contributed by atoms with van der Waals surface area (Å²) in [6.45, 7) is 4.71. The Labute approximate surface area is 222 Å². The van der Waals surface area contributed by atoms with E-state index in [4.69, 9.17) is 27.9 Å². The number of amides is 1. The summed E-state index contributed by atoms with van der Waals surface area (Å²) in [4.78, 5) is 52.3. The van der Waals surface area contributed by atoms with E-state index in [-0.39, 0.29) is 39.5 Å². The molecule has 3 rings (SSSR count). The van der Waals surface area contributed by atoms with Crippen molar-refractivity contribution in [3.05, 3.63) is 78.3 Å². The van der Waals surface area contributed by atoms with Crippen LogP contribution in [0.25, 0.3) is 0 Å². The van der Waals surface area contributed by atoms with E-state index in [1.807, 2.05) is 13.8 Å². The van der Waals surface area contributed by atoms with Gasteiger partial charge in [0.2, 0.25) is 0 Å². The lowest BCUT2D eigenvalue weighted by molar-refractivity contribution is -0.137. The van der Waals surface area contributed by atoms with Crippen molar-refractivity contribution in [2.75, 3.05) is 29.1 Å². The van der Waals surface area contributed by atoms with Crippen molar-refractivity contribution < 1.29 is 19.4 Å². The van der Waals surface area contributed by atoms with E-state index in [1.165, 1.54) is 12.4 Å². The summed E-state index contributed by atoms with van der Waals surface area (Å²) >= 11 is 12.0. The number of ether oxygens (including phenoxy) is 1. The first-order valence-electron chi connectivity index (χ1n) is 11.5. The number of hydrogen-bond donors (Lipinski definition) is 4. The second-order valence-electron chi connectivity index (χ2n) is 8.48. The molecular weight excluding hydrogens is 523 g/mol. The molecule has 1 aromatic heterocycles. The highest BCUT2D eigenvalue weighted by atomic mass is 35.5. The van der Waals surface area contributed by atoms with Gasteiger partial charge in [0.1, 0.15) is 17.4 Å². The first-order chi connectivity index (χ1) is 17.6. The number of hydrogen-bond acceptors (Lipinski definition) is 8. The van der Waals surface area contributed by atoms with E-state index in [1.54, 1.807) is 24.3 Å². The van der Waals surface area contributed by atoms with Crippen LogP contribution in [0.2, 0.25) is 10.0 Å². The molecule has 0 aliphatic carbocycles. The topological polar surface area (TPSA) is 147 Å². The van der Waals surface area contributed by atoms with E-state index >= 15 is 0 Å². The van der Waals surface area contributed by atoms with Crippen molar-refractivity contribution in [2.45, 2.75) is 38.8 Å². The number of halogens is 2. The van der Waals surface area contributed by atoms with Gasteiger partial charge in [0.15, 0.2) is 0 Å². The first kappa shape index (κ1) is 28.1. The van der Waals surface area contributed by atoms with Gasteiger partial charge in [-0.25, -0.2) is 4.79 Å². The zero-order valence-electron chi connectivity index (χ0n) is 20.1. The number of aliphatic carboxylic acids is 1. The van der Waals surface area contributed by atoms with Gasteiger partial charge < -0.3 is 25.8 Å². The van der Waals surface area contributed by atoms with Gasteiger partial charge >= 0.3 is 5.97 Å². The van der Waals surface area contributed by atoms with Crippen molar-refractivity contribution in [1.82, 2.24) is 4.98 Å². The Morgan fingerprint density at radius 1 is 1.03 bits per heavy atom. The van der Waals surface area contributed by atoms with Crippen LogP contribution in [-0.4, -0.2) is 47.3 Å². The van der Waals surface area contributed by atoms with Crippen LogP contribution in [0.1, 0.15) is 36.2 Å². The lowest BCUT2D eigenvalue weighted by Crippen LogP contribution is -2.42. The van der Waals surface area contributed by atoms with Crippen LogP contribution in [-0.2, 0) is 16.0 Å². The minimum atomic E-state index is -1.19. The zero-order chi connectivity index (χ0) is 27.1. The molecule has 0 aliphatic rings. The van der Waals surface area contributed by atoms with Gasteiger partial charge in [0, 0.05) is 37.7 Å². The predicted octanol–water partition coefficient (Wildman–Crippen LogP) is 3.57. The average molecular weight is 549 g/mol. The van der Waals surface area contributed by atoms with Crippen LogP contribution in [0.4, 0.5) is 17.1 Å². The molecule has 0 aliphatic heterocycles. The van der Waals surface area contributed by atoms with Crippen molar-refractivity contribution in [3.63, 3.8) is 0 Å². The summed E-state index contributed by atoms with van der Waals surface area (Å²) in [5.41, 5.74) is -0.277. The van der Waals surface area contributed by atoms with Crippen LogP contribution in [0, 0.1) is 0 Å². The number of aromatic nitrogens is 1. The van der Waals surface area contributed by atoms with E-state index < -0.39 is 28.8 Å². The van der Waals surface area contributed by atoms with Gasteiger partial charge in [-0.15, -0.1) is 0 Å². The van der Waals surface area contributed by atoms with E-state index in [9.17, 15) is 24.3 Å². The maximum atomic E-state index is 12.5. The monoisotopic (exact) mass is 548 g/mol. The maximum absolute atomic E-state index is 12.5. The van der Waals surface area contributed by atoms with Crippen molar-refractivity contribution in [1.29, 1.82) is 0 Å². The fraction of sp³-hybridized carbons (Fsp3) is 0.320. The van der Waals surface area contributed by atoms with Gasteiger partial charge in [-0.2, -0.15) is 0 Å². The summed E-state index contributed by atoms with van der Waals surface area (Å²) in [5, 5.41) is 18.1. The normalized spacial score (nSPS) is 11.9. The average Bonchev–Trinajstić information content (AvgIpc) is 2.84. The van der Waals surface area contributed by atoms with Crippen LogP contribution >= 0.6 is 23.2 Å². The standard InChI is InChI=1S/C25H26Cl2N4O6/c1-13(2)37-9-3-8-29-20-21(23(33)22(20)32)31-18(25(35)36)10-14-4-6-15(7-5-14)30-24(34)19-16(26)11-28-12-17(19)27/h4-7,11-13,18,29,31H,3,8-10H2,1-2H3,(H,30,34)(H,35,36)/t18-/m0/s1. The number of anilines is 3. The molecule has 1 amide bonds. The van der Waals surface area contributed by atoms with Crippen LogP contribution < -0.4 is 26.8 Å². The Morgan fingerprint density at radius 2 is 1.65 bits per heavy atom. The molecule has 4 N–H and O–H groups in total. The number of benzene rings is 1. The molecule has 0 bridgehead atoms. The smallest absolute Gasteiger partial charge is 0.326 e. The molecule has 0 unspecified atom stereocenters. The molecular formula is C25H26Cl2N4O6. The van der Waals surface area contributed by atoms with Crippen molar-refractivity contribution in [3.8, 4) is 0 Å². The highest BCUT2D eigenvalue weighted by Crippen LogP contribution is 2.24. The quantitative estimate of drug-likeness (QED) is 0.186. The van der Waals surface area contributed by atoms with Gasteiger partial charge in [-0.1, -0.05) is 35.3 Å². The van der Waals surface area contributed by atoms with Gasteiger partial charge in [0.25, 0.3) is 16.8 Å². The summed E-state index contributed by atoms with van der Waals surface area (Å²) in [6, 6.07) is 5.30. The molecule has 0 spiro atoms. The number of rotatable bonds is 13.